The first-order valence-corrected chi connectivity index (χ1v) is 9.10. The lowest BCUT2D eigenvalue weighted by atomic mass is 10.3. The number of ether oxygens (including phenoxy) is 2. The molecule has 0 N–H and O–H groups in total. The number of aromatic nitrogens is 4. The van der Waals surface area contributed by atoms with Crippen molar-refractivity contribution in [1.82, 2.24) is 19.8 Å². The fourth-order valence-electron chi connectivity index (χ4n) is 1.90. The third-order valence-electron chi connectivity index (χ3n) is 3.06. The molecule has 0 saturated carbocycles. The van der Waals surface area contributed by atoms with Crippen molar-refractivity contribution in [3.8, 4) is 11.5 Å². The summed E-state index contributed by atoms with van der Waals surface area (Å²) in [6.07, 6.45) is 0. The number of benzene rings is 1. The summed E-state index contributed by atoms with van der Waals surface area (Å²) in [5.41, 5.74) is 0. The number of methoxy groups -OCH3 is 1. The number of nitrogens with zero attached hydrogens (tertiary/aromatic N) is 4. The molecule has 0 atom stereocenters. The van der Waals surface area contributed by atoms with Crippen LogP contribution in [0.4, 0.5) is 0 Å². The summed E-state index contributed by atoms with van der Waals surface area (Å²) in [7, 11) is 1.64. The first-order chi connectivity index (χ1) is 11.2. The van der Waals surface area contributed by atoms with E-state index < -0.39 is 0 Å². The van der Waals surface area contributed by atoms with Crippen LogP contribution in [-0.4, -0.2) is 32.2 Å². The smallest absolute Gasteiger partial charge is 0.234 e. The molecule has 0 saturated heterocycles. The van der Waals surface area contributed by atoms with Gasteiger partial charge >= 0.3 is 0 Å². The van der Waals surface area contributed by atoms with Gasteiger partial charge in [-0.05, 0) is 29.5 Å². The predicted octanol–water partition coefficient (Wildman–Crippen LogP) is 3.42. The lowest BCUT2D eigenvalue weighted by Crippen LogP contribution is -1.99. The Hall–Kier alpha value is -1.80. The van der Waals surface area contributed by atoms with Crippen LogP contribution in [0.15, 0.2) is 24.3 Å². The third-order valence-corrected chi connectivity index (χ3v) is 5.03. The molecule has 1 aromatic carbocycles. The summed E-state index contributed by atoms with van der Waals surface area (Å²) in [5, 5.41) is 14.3. The molecule has 23 heavy (non-hydrogen) atoms. The molecule has 6 nitrogen and oxygen atoms in total. The average molecular weight is 350 g/mol. The lowest BCUT2D eigenvalue weighted by molar-refractivity contribution is 0.303. The number of rotatable bonds is 7. The molecule has 2 aromatic heterocycles. The van der Waals surface area contributed by atoms with Gasteiger partial charge in [0.2, 0.25) is 4.96 Å². The standard InChI is InChI=1S/C15H18N4O2S2/c1-10(2)22-9-13-16-17-15-19(13)18-14(23-15)8-21-12-6-4-11(20-3)5-7-12/h4-7,10H,8-9H2,1-3H3. The molecule has 0 aliphatic carbocycles. The van der Waals surface area contributed by atoms with E-state index >= 15 is 0 Å². The Morgan fingerprint density at radius 3 is 2.61 bits per heavy atom. The summed E-state index contributed by atoms with van der Waals surface area (Å²) in [6, 6.07) is 7.50. The Kier molecular flexibility index (Phi) is 5.02. The van der Waals surface area contributed by atoms with Crippen LogP contribution in [0.25, 0.3) is 4.96 Å². The van der Waals surface area contributed by atoms with Crippen molar-refractivity contribution in [3.63, 3.8) is 0 Å². The van der Waals surface area contributed by atoms with E-state index in [1.807, 2.05) is 40.5 Å². The summed E-state index contributed by atoms with van der Waals surface area (Å²) in [6.45, 7) is 4.74. The van der Waals surface area contributed by atoms with Gasteiger partial charge in [0.25, 0.3) is 0 Å². The summed E-state index contributed by atoms with van der Waals surface area (Å²) >= 11 is 3.32. The van der Waals surface area contributed by atoms with Crippen LogP contribution in [0.3, 0.4) is 0 Å². The Morgan fingerprint density at radius 1 is 1.17 bits per heavy atom. The highest BCUT2D eigenvalue weighted by atomic mass is 32.2. The van der Waals surface area contributed by atoms with E-state index in [0.29, 0.717) is 11.9 Å². The number of thioether (sulfide) groups is 1. The number of fused-ring (bicyclic) bond motifs is 1. The molecule has 122 valence electrons. The second-order valence-corrected chi connectivity index (χ2v) is 7.74. The zero-order valence-corrected chi connectivity index (χ0v) is 14.9. The molecule has 0 spiro atoms. The Balaban J connectivity index is 1.65. The minimum atomic E-state index is 0.414. The van der Waals surface area contributed by atoms with Crippen molar-refractivity contribution < 1.29 is 9.47 Å². The van der Waals surface area contributed by atoms with E-state index in [1.165, 1.54) is 11.3 Å². The van der Waals surface area contributed by atoms with Gasteiger partial charge in [0.1, 0.15) is 18.1 Å². The zero-order valence-electron chi connectivity index (χ0n) is 13.2. The highest BCUT2D eigenvalue weighted by Gasteiger charge is 2.12. The van der Waals surface area contributed by atoms with Crippen molar-refractivity contribution in [1.29, 1.82) is 0 Å². The number of hydrogen-bond acceptors (Lipinski definition) is 7. The monoisotopic (exact) mass is 350 g/mol. The molecule has 8 heteroatoms. The fraction of sp³-hybridized carbons (Fsp3) is 0.400. The van der Waals surface area contributed by atoms with Crippen LogP contribution < -0.4 is 9.47 Å². The van der Waals surface area contributed by atoms with Gasteiger partial charge < -0.3 is 9.47 Å². The minimum Gasteiger partial charge on any atom is -0.497 e. The summed E-state index contributed by atoms with van der Waals surface area (Å²) in [4.78, 5) is 0.803. The largest absolute Gasteiger partial charge is 0.497 e. The van der Waals surface area contributed by atoms with Gasteiger partial charge in [-0.2, -0.15) is 21.4 Å². The first-order valence-electron chi connectivity index (χ1n) is 7.24. The van der Waals surface area contributed by atoms with Gasteiger partial charge in [-0.1, -0.05) is 25.2 Å². The van der Waals surface area contributed by atoms with E-state index in [-0.39, 0.29) is 0 Å². The molecular formula is C15H18N4O2S2. The van der Waals surface area contributed by atoms with Crippen LogP contribution >= 0.6 is 23.1 Å². The van der Waals surface area contributed by atoms with Gasteiger partial charge in [-0.15, -0.1) is 10.2 Å². The normalized spacial score (nSPS) is 11.3. The second kappa shape index (κ2) is 7.18. The maximum Gasteiger partial charge on any atom is 0.234 e. The Morgan fingerprint density at radius 2 is 1.91 bits per heavy atom. The number of hydrogen-bond donors (Lipinski definition) is 0. The predicted molar refractivity (Wildman–Crippen MR) is 92.4 cm³/mol. The molecule has 2 heterocycles. The van der Waals surface area contributed by atoms with E-state index in [1.54, 1.807) is 7.11 Å². The summed E-state index contributed by atoms with van der Waals surface area (Å²) in [5.74, 6) is 3.28. The van der Waals surface area contributed by atoms with Crippen LogP contribution in [0.5, 0.6) is 11.5 Å². The molecule has 0 amide bonds. The van der Waals surface area contributed by atoms with Crippen molar-refractivity contribution in [2.24, 2.45) is 0 Å². The fourth-order valence-corrected chi connectivity index (χ4v) is 3.33. The molecule has 3 aromatic rings. The highest BCUT2D eigenvalue weighted by molar-refractivity contribution is 7.99. The van der Waals surface area contributed by atoms with E-state index in [0.717, 1.165) is 33.0 Å². The van der Waals surface area contributed by atoms with Crippen LogP contribution in [0, 0.1) is 0 Å². The molecule has 3 rings (SSSR count). The molecule has 0 bridgehead atoms. The first kappa shape index (κ1) is 16.1. The maximum absolute atomic E-state index is 5.75. The van der Waals surface area contributed by atoms with Gasteiger partial charge in [0.05, 0.1) is 12.9 Å². The van der Waals surface area contributed by atoms with Crippen molar-refractivity contribution in [3.05, 3.63) is 35.1 Å². The Bertz CT molecular complexity index is 767. The molecule has 0 aliphatic rings. The van der Waals surface area contributed by atoms with Crippen molar-refractivity contribution in [2.45, 2.75) is 31.5 Å². The quantitative estimate of drug-likeness (QED) is 0.651. The lowest BCUT2D eigenvalue weighted by Gasteiger charge is -2.04. The van der Waals surface area contributed by atoms with E-state index in [2.05, 4.69) is 29.1 Å². The van der Waals surface area contributed by atoms with Gasteiger partial charge in [0.15, 0.2) is 10.8 Å². The molecule has 0 fully saturated rings. The Labute approximate surface area is 142 Å². The van der Waals surface area contributed by atoms with Crippen molar-refractivity contribution in [2.75, 3.05) is 7.11 Å². The van der Waals surface area contributed by atoms with Gasteiger partial charge in [0, 0.05) is 0 Å². The SMILES string of the molecule is COc1ccc(OCc2nn3c(CSC(C)C)nnc3s2)cc1. The molecular weight excluding hydrogens is 332 g/mol. The topological polar surface area (TPSA) is 61.5 Å². The van der Waals surface area contributed by atoms with Crippen molar-refractivity contribution >= 4 is 28.1 Å². The minimum absolute atomic E-state index is 0.414. The average Bonchev–Trinajstić information content (AvgIpc) is 3.11. The maximum atomic E-state index is 5.75. The highest BCUT2D eigenvalue weighted by Crippen LogP contribution is 2.22. The second-order valence-electron chi connectivity index (χ2n) is 5.13. The van der Waals surface area contributed by atoms with Crippen LogP contribution in [0.1, 0.15) is 24.7 Å². The molecule has 0 aliphatic heterocycles. The van der Waals surface area contributed by atoms with E-state index in [4.69, 9.17) is 9.47 Å². The summed E-state index contributed by atoms with van der Waals surface area (Å²) < 4.78 is 12.7. The van der Waals surface area contributed by atoms with Gasteiger partial charge in [-0.3, -0.25) is 0 Å². The molecule has 0 unspecified atom stereocenters. The van der Waals surface area contributed by atoms with Crippen LogP contribution in [-0.2, 0) is 12.4 Å². The van der Waals surface area contributed by atoms with Gasteiger partial charge in [-0.25, -0.2) is 0 Å². The zero-order chi connectivity index (χ0) is 16.2. The third kappa shape index (κ3) is 3.94. The molecule has 0 radical (unpaired) electrons. The van der Waals surface area contributed by atoms with E-state index in [9.17, 15) is 0 Å². The van der Waals surface area contributed by atoms with Crippen LogP contribution in [0.2, 0.25) is 0 Å².